The highest BCUT2D eigenvalue weighted by molar-refractivity contribution is 7.86. The van der Waals surface area contributed by atoms with Crippen LogP contribution >= 0.6 is 0 Å². The highest BCUT2D eigenvalue weighted by Crippen LogP contribution is 2.43. The van der Waals surface area contributed by atoms with Crippen molar-refractivity contribution in [2.24, 2.45) is 5.92 Å². The molecule has 0 unspecified atom stereocenters. The van der Waals surface area contributed by atoms with Crippen LogP contribution in [0, 0.1) is 12.8 Å². The molecule has 2 N–H and O–H groups in total. The summed E-state index contributed by atoms with van der Waals surface area (Å²) in [5.74, 6) is 2.29. The molecule has 1 aliphatic rings. The van der Waals surface area contributed by atoms with Crippen molar-refractivity contribution in [2.75, 3.05) is 12.3 Å². The van der Waals surface area contributed by atoms with Gasteiger partial charge in [0, 0.05) is 23.9 Å². The van der Waals surface area contributed by atoms with Gasteiger partial charge < -0.3 is 10.5 Å². The average molecular weight is 555 g/mol. The number of benzene rings is 3. The molecule has 0 radical (unpaired) electrons. The molecule has 2 aromatic heterocycles. The number of hydrogen-bond donors (Lipinski definition) is 1. The van der Waals surface area contributed by atoms with Crippen LogP contribution in [-0.4, -0.2) is 29.4 Å². The number of fused-ring (bicyclic) bond motifs is 1. The smallest absolute Gasteiger partial charge is 0.296 e. The number of anilines is 1. The Morgan fingerprint density at radius 3 is 2.55 bits per heavy atom. The monoisotopic (exact) mass is 554 g/mol. The number of nitrogen functional groups attached to an aromatic ring is 1. The van der Waals surface area contributed by atoms with Gasteiger partial charge in [0.1, 0.15) is 35.2 Å². The molecule has 1 aliphatic carbocycles. The fraction of sp³-hybridized carbons (Fsp3) is 0.226. The lowest BCUT2D eigenvalue weighted by molar-refractivity contribution is 0.158. The van der Waals surface area contributed by atoms with E-state index in [9.17, 15) is 8.42 Å². The zero-order valence-electron chi connectivity index (χ0n) is 22.1. The fourth-order valence-corrected chi connectivity index (χ4v) is 6.07. The quantitative estimate of drug-likeness (QED) is 0.231. The SMILES string of the molecule is Cc1ccc(S(=O)(=O)OC[C@H]2C[C@@H](c3nc(-c4cccc(OCc5ccccc5)c4)c4c(N)nccn43)C2)cc1. The molecule has 8 nitrogen and oxygen atoms in total. The molecule has 1 saturated carbocycles. The van der Waals surface area contributed by atoms with Crippen LogP contribution in [0.1, 0.15) is 35.7 Å². The maximum atomic E-state index is 12.6. The van der Waals surface area contributed by atoms with E-state index in [2.05, 4.69) is 4.98 Å². The van der Waals surface area contributed by atoms with E-state index in [1.807, 2.05) is 72.1 Å². The van der Waals surface area contributed by atoms with Crippen LogP contribution in [0.3, 0.4) is 0 Å². The third-order valence-electron chi connectivity index (χ3n) is 7.34. The Morgan fingerprint density at radius 2 is 1.77 bits per heavy atom. The summed E-state index contributed by atoms with van der Waals surface area (Å²) in [6.07, 6.45) is 5.08. The number of hydrogen-bond acceptors (Lipinski definition) is 7. The highest BCUT2D eigenvalue weighted by Gasteiger charge is 2.35. The molecule has 40 heavy (non-hydrogen) atoms. The summed E-state index contributed by atoms with van der Waals surface area (Å²) in [6.45, 7) is 2.53. The van der Waals surface area contributed by atoms with Crippen molar-refractivity contribution in [3.63, 3.8) is 0 Å². The van der Waals surface area contributed by atoms with Crippen LogP contribution in [0.25, 0.3) is 16.8 Å². The second kappa shape index (κ2) is 10.7. The summed E-state index contributed by atoms with van der Waals surface area (Å²) < 4.78 is 38.6. The lowest BCUT2D eigenvalue weighted by atomic mass is 9.75. The number of rotatable bonds is 9. The van der Waals surface area contributed by atoms with E-state index in [-0.39, 0.29) is 23.3 Å². The summed E-state index contributed by atoms with van der Waals surface area (Å²) in [6, 6.07) is 24.5. The van der Waals surface area contributed by atoms with E-state index in [1.165, 1.54) is 0 Å². The third kappa shape index (κ3) is 5.30. The van der Waals surface area contributed by atoms with Crippen LogP contribution in [0.15, 0.2) is 96.2 Å². The molecule has 5 aromatic rings. The third-order valence-corrected chi connectivity index (χ3v) is 8.63. The first-order valence-corrected chi connectivity index (χ1v) is 14.6. The molecule has 3 aromatic carbocycles. The second-order valence-electron chi connectivity index (χ2n) is 10.2. The van der Waals surface area contributed by atoms with Crippen molar-refractivity contribution in [2.45, 2.75) is 37.2 Å². The van der Waals surface area contributed by atoms with E-state index >= 15 is 0 Å². The topological polar surface area (TPSA) is 109 Å². The molecule has 0 amide bonds. The molecule has 6 rings (SSSR count). The zero-order valence-corrected chi connectivity index (χ0v) is 22.9. The Morgan fingerprint density at radius 1 is 1.00 bits per heavy atom. The van der Waals surface area contributed by atoms with Crippen LogP contribution in [-0.2, 0) is 20.9 Å². The fourth-order valence-electron chi connectivity index (χ4n) is 5.09. The predicted molar refractivity (Wildman–Crippen MR) is 153 cm³/mol. The Hall–Kier alpha value is -4.21. The van der Waals surface area contributed by atoms with Gasteiger partial charge >= 0.3 is 0 Å². The first kappa shape index (κ1) is 26.0. The Balaban J connectivity index is 1.18. The molecule has 0 saturated heterocycles. The molecule has 0 bridgehead atoms. The predicted octanol–water partition coefficient (Wildman–Crippen LogP) is 5.77. The van der Waals surface area contributed by atoms with Crippen LogP contribution in [0.2, 0.25) is 0 Å². The summed E-state index contributed by atoms with van der Waals surface area (Å²) in [7, 11) is -3.79. The van der Waals surface area contributed by atoms with E-state index in [1.54, 1.807) is 30.5 Å². The summed E-state index contributed by atoms with van der Waals surface area (Å²) >= 11 is 0. The number of imidazole rings is 1. The summed E-state index contributed by atoms with van der Waals surface area (Å²) in [5.41, 5.74) is 10.8. The van der Waals surface area contributed by atoms with Crippen molar-refractivity contribution < 1.29 is 17.3 Å². The number of nitrogens with zero attached hydrogens (tertiary/aromatic N) is 3. The first-order chi connectivity index (χ1) is 19.4. The minimum absolute atomic E-state index is 0.120. The normalized spacial score (nSPS) is 17.0. The van der Waals surface area contributed by atoms with E-state index in [0.717, 1.165) is 52.3 Å². The Kier molecular flexibility index (Phi) is 7.00. The van der Waals surface area contributed by atoms with Gasteiger partial charge in [0.05, 0.1) is 11.5 Å². The van der Waals surface area contributed by atoms with Gasteiger partial charge in [-0.1, -0.05) is 60.2 Å². The zero-order chi connectivity index (χ0) is 27.7. The molecule has 0 spiro atoms. The number of aromatic nitrogens is 3. The van der Waals surface area contributed by atoms with Gasteiger partial charge in [0.15, 0.2) is 0 Å². The van der Waals surface area contributed by atoms with Gasteiger partial charge in [-0.15, -0.1) is 0 Å². The number of ether oxygens (including phenoxy) is 1. The average Bonchev–Trinajstić information content (AvgIpc) is 3.33. The Labute approximate surface area is 233 Å². The van der Waals surface area contributed by atoms with Gasteiger partial charge in [0.2, 0.25) is 0 Å². The lowest BCUT2D eigenvalue weighted by Gasteiger charge is -2.34. The first-order valence-electron chi connectivity index (χ1n) is 13.2. The van der Waals surface area contributed by atoms with Crippen molar-refractivity contribution in [3.8, 4) is 17.0 Å². The van der Waals surface area contributed by atoms with Gasteiger partial charge in [0.25, 0.3) is 10.1 Å². The molecule has 0 atom stereocenters. The van der Waals surface area contributed by atoms with Crippen molar-refractivity contribution >= 4 is 21.5 Å². The Bertz CT molecular complexity index is 1750. The van der Waals surface area contributed by atoms with Crippen molar-refractivity contribution in [1.82, 2.24) is 14.4 Å². The standard InChI is InChI=1S/C31H30N4O4S/c1-21-10-12-27(13-11-21)40(36,37)39-20-23-16-25(17-23)31-34-28(29-30(32)33-14-15-35(29)31)24-8-5-9-26(18-24)38-19-22-6-3-2-4-7-22/h2-15,18,23,25H,16-17,19-20H2,1H3,(H2,32,33)/t23-,25+. The summed E-state index contributed by atoms with van der Waals surface area (Å²) in [5, 5.41) is 0. The largest absolute Gasteiger partial charge is 0.489 e. The molecular weight excluding hydrogens is 524 g/mol. The molecule has 0 aliphatic heterocycles. The van der Waals surface area contributed by atoms with E-state index < -0.39 is 10.1 Å². The molecular formula is C31H30N4O4S. The van der Waals surface area contributed by atoms with Gasteiger partial charge in [-0.25, -0.2) is 9.97 Å². The minimum Gasteiger partial charge on any atom is -0.489 e. The van der Waals surface area contributed by atoms with E-state index in [4.69, 9.17) is 19.6 Å². The maximum absolute atomic E-state index is 12.6. The van der Waals surface area contributed by atoms with E-state index in [0.29, 0.717) is 12.4 Å². The van der Waals surface area contributed by atoms with Crippen LogP contribution in [0.5, 0.6) is 5.75 Å². The summed E-state index contributed by atoms with van der Waals surface area (Å²) in [4.78, 5) is 9.52. The van der Waals surface area contributed by atoms with Crippen molar-refractivity contribution in [1.29, 1.82) is 0 Å². The van der Waals surface area contributed by atoms with Gasteiger partial charge in [-0.2, -0.15) is 8.42 Å². The number of aryl methyl sites for hydroxylation is 1. The number of nitrogens with two attached hydrogens (primary N) is 1. The molecule has 204 valence electrons. The molecule has 1 fully saturated rings. The second-order valence-corrected chi connectivity index (χ2v) is 11.9. The molecule has 2 heterocycles. The maximum Gasteiger partial charge on any atom is 0.296 e. The highest BCUT2D eigenvalue weighted by atomic mass is 32.2. The van der Waals surface area contributed by atoms with Crippen LogP contribution in [0.4, 0.5) is 5.82 Å². The van der Waals surface area contributed by atoms with Gasteiger partial charge in [-0.3, -0.25) is 8.58 Å². The van der Waals surface area contributed by atoms with Crippen molar-refractivity contribution in [3.05, 3.63) is 108 Å². The van der Waals surface area contributed by atoms with Crippen LogP contribution < -0.4 is 10.5 Å². The lowest BCUT2D eigenvalue weighted by Crippen LogP contribution is -2.28. The molecule has 9 heteroatoms. The van der Waals surface area contributed by atoms with Gasteiger partial charge in [-0.05, 0) is 55.5 Å². The minimum atomic E-state index is -3.79.